The topological polar surface area (TPSA) is 50.2 Å². The molecule has 0 amide bonds. The second-order valence-electron chi connectivity index (χ2n) is 5.65. The highest BCUT2D eigenvalue weighted by atomic mass is 19.1. The van der Waals surface area contributed by atoms with E-state index in [0.29, 0.717) is 22.5 Å². The molecule has 118 valence electrons. The minimum Gasteiger partial charge on any atom is -0.296 e. The molecule has 0 aliphatic carbocycles. The average Bonchev–Trinajstić information content (AvgIpc) is 3.00. The minimum absolute atomic E-state index is 0.207. The van der Waals surface area contributed by atoms with Crippen LogP contribution >= 0.6 is 0 Å². The molecule has 0 aliphatic rings. The van der Waals surface area contributed by atoms with E-state index in [1.54, 1.807) is 18.3 Å². The van der Waals surface area contributed by atoms with Crippen LogP contribution in [0.4, 0.5) is 4.39 Å². The molecule has 2 aromatic heterocycles. The number of rotatable bonds is 2. The molecule has 4 nitrogen and oxygen atoms in total. The van der Waals surface area contributed by atoms with Gasteiger partial charge in [0.1, 0.15) is 5.82 Å². The second-order valence-corrected chi connectivity index (χ2v) is 5.65. The predicted molar refractivity (Wildman–Crippen MR) is 91.4 cm³/mol. The zero-order chi connectivity index (χ0) is 16.7. The van der Waals surface area contributed by atoms with Crippen LogP contribution in [0, 0.1) is 12.7 Å². The summed E-state index contributed by atoms with van der Waals surface area (Å²) in [5.74, 6) is -0.329. The molecule has 0 unspecified atom stereocenters. The van der Waals surface area contributed by atoms with Gasteiger partial charge in [-0.15, -0.1) is 0 Å². The molecule has 24 heavy (non-hydrogen) atoms. The summed E-state index contributed by atoms with van der Waals surface area (Å²) in [6.07, 6.45) is 1.67. The van der Waals surface area contributed by atoms with E-state index in [-0.39, 0.29) is 11.4 Å². The van der Waals surface area contributed by atoms with Gasteiger partial charge in [-0.3, -0.25) is 9.89 Å². The fourth-order valence-electron chi connectivity index (χ4n) is 2.85. The Morgan fingerprint density at radius 3 is 2.67 bits per heavy atom. The van der Waals surface area contributed by atoms with Crippen molar-refractivity contribution in [3.63, 3.8) is 0 Å². The third-order valence-corrected chi connectivity index (χ3v) is 4.05. The fourth-order valence-corrected chi connectivity index (χ4v) is 2.85. The molecule has 0 spiro atoms. The Hall–Kier alpha value is -3.21. The van der Waals surface area contributed by atoms with Crippen LogP contribution in [0.5, 0.6) is 0 Å². The van der Waals surface area contributed by atoms with E-state index in [2.05, 4.69) is 10.1 Å². The normalized spacial score (nSPS) is 11.1. The van der Waals surface area contributed by atoms with Crippen LogP contribution in [-0.4, -0.2) is 14.6 Å². The number of benzene rings is 2. The van der Waals surface area contributed by atoms with Crippen molar-refractivity contribution in [2.24, 2.45) is 0 Å². The van der Waals surface area contributed by atoms with Crippen LogP contribution in [0.1, 0.15) is 5.56 Å². The quantitative estimate of drug-likeness (QED) is 0.611. The molecule has 5 heteroatoms. The lowest BCUT2D eigenvalue weighted by molar-refractivity contribution is 0.628. The number of aromatic amines is 1. The zero-order valence-corrected chi connectivity index (χ0v) is 13.0. The first-order valence-corrected chi connectivity index (χ1v) is 7.56. The molecule has 0 atom stereocenters. The van der Waals surface area contributed by atoms with Gasteiger partial charge in [0.05, 0.1) is 5.69 Å². The van der Waals surface area contributed by atoms with E-state index < -0.39 is 0 Å². The lowest BCUT2D eigenvalue weighted by Gasteiger charge is -2.06. The van der Waals surface area contributed by atoms with Crippen molar-refractivity contribution >= 4 is 5.65 Å². The van der Waals surface area contributed by atoms with Crippen LogP contribution in [0.3, 0.4) is 0 Å². The minimum atomic E-state index is -0.329. The molecule has 0 saturated heterocycles. The van der Waals surface area contributed by atoms with Crippen molar-refractivity contribution in [1.82, 2.24) is 14.6 Å². The van der Waals surface area contributed by atoms with Crippen LogP contribution in [0.2, 0.25) is 0 Å². The van der Waals surface area contributed by atoms with Gasteiger partial charge in [0, 0.05) is 23.4 Å². The molecule has 1 N–H and O–H groups in total. The summed E-state index contributed by atoms with van der Waals surface area (Å²) in [7, 11) is 0. The highest BCUT2D eigenvalue weighted by Gasteiger charge is 2.13. The van der Waals surface area contributed by atoms with E-state index in [1.807, 2.05) is 31.2 Å². The van der Waals surface area contributed by atoms with Crippen LogP contribution in [0.25, 0.3) is 28.0 Å². The first-order valence-electron chi connectivity index (χ1n) is 7.56. The third-order valence-electron chi connectivity index (χ3n) is 4.05. The number of nitrogens with one attached hydrogen (secondary N) is 1. The molecular weight excluding hydrogens is 305 g/mol. The van der Waals surface area contributed by atoms with E-state index in [0.717, 1.165) is 11.1 Å². The molecule has 0 saturated carbocycles. The molecule has 0 radical (unpaired) electrons. The zero-order valence-electron chi connectivity index (χ0n) is 13.0. The maximum absolute atomic E-state index is 13.5. The largest absolute Gasteiger partial charge is 0.296 e. The van der Waals surface area contributed by atoms with Crippen LogP contribution < -0.4 is 5.56 Å². The van der Waals surface area contributed by atoms with E-state index in [1.165, 1.54) is 22.7 Å². The van der Waals surface area contributed by atoms with E-state index in [9.17, 15) is 9.18 Å². The predicted octanol–water partition coefficient (Wildman–Crippen LogP) is 3.80. The lowest BCUT2D eigenvalue weighted by Crippen LogP contribution is -2.14. The summed E-state index contributed by atoms with van der Waals surface area (Å²) in [4.78, 5) is 17.1. The highest BCUT2D eigenvalue weighted by molar-refractivity contribution is 5.78. The van der Waals surface area contributed by atoms with Crippen molar-refractivity contribution in [2.45, 2.75) is 6.92 Å². The fraction of sp³-hybridized carbons (Fsp3) is 0.0526. The van der Waals surface area contributed by atoms with E-state index in [4.69, 9.17) is 0 Å². The lowest BCUT2D eigenvalue weighted by atomic mass is 10.1. The molecule has 4 aromatic rings. The first-order chi connectivity index (χ1) is 11.6. The molecule has 0 bridgehead atoms. The molecule has 4 rings (SSSR count). The van der Waals surface area contributed by atoms with Gasteiger partial charge in [-0.25, -0.2) is 13.9 Å². The second kappa shape index (κ2) is 5.45. The number of aromatic nitrogens is 3. The Balaban J connectivity index is 1.99. The van der Waals surface area contributed by atoms with Gasteiger partial charge >= 0.3 is 0 Å². The standard InChI is InChI=1S/C19H14FN3O/c1-12-5-2-3-8-15(12)17-10-18(24)23-19(22-17)16(11-21-23)13-6-4-7-14(20)9-13/h2-11,21H,1H3. The average molecular weight is 319 g/mol. The van der Waals surface area contributed by atoms with Gasteiger partial charge in [-0.2, -0.15) is 0 Å². The summed E-state index contributed by atoms with van der Waals surface area (Å²) >= 11 is 0. The maximum atomic E-state index is 13.5. The highest BCUT2D eigenvalue weighted by Crippen LogP contribution is 2.26. The number of fused-ring (bicyclic) bond motifs is 1. The number of aryl methyl sites for hydroxylation is 1. The molecule has 2 heterocycles. The SMILES string of the molecule is Cc1ccccc1-c1cc(=O)n2[nH]cc(-c3cccc(F)c3)c2n1. The summed E-state index contributed by atoms with van der Waals surface area (Å²) in [6.45, 7) is 1.98. The molecule has 0 fully saturated rings. The van der Waals surface area contributed by atoms with Crippen molar-refractivity contribution in [3.8, 4) is 22.4 Å². The number of nitrogens with zero attached hydrogens (tertiary/aromatic N) is 2. The van der Waals surface area contributed by atoms with Crippen LogP contribution in [0.15, 0.2) is 65.6 Å². The summed E-state index contributed by atoms with van der Waals surface area (Å²) < 4.78 is 14.9. The van der Waals surface area contributed by atoms with Crippen LogP contribution in [-0.2, 0) is 0 Å². The molecule has 2 aromatic carbocycles. The first kappa shape index (κ1) is 14.4. The summed E-state index contributed by atoms with van der Waals surface area (Å²) in [5, 5.41) is 2.89. The van der Waals surface area contributed by atoms with E-state index >= 15 is 0 Å². The van der Waals surface area contributed by atoms with Gasteiger partial charge in [0.2, 0.25) is 0 Å². The Morgan fingerprint density at radius 1 is 1.04 bits per heavy atom. The van der Waals surface area contributed by atoms with Gasteiger partial charge in [-0.05, 0) is 30.2 Å². The van der Waals surface area contributed by atoms with Gasteiger partial charge < -0.3 is 0 Å². The smallest absolute Gasteiger partial charge is 0.273 e. The Labute approximate surface area is 137 Å². The molecular formula is C19H14FN3O. The number of hydrogen-bond acceptors (Lipinski definition) is 2. The van der Waals surface area contributed by atoms with Gasteiger partial charge in [-0.1, -0.05) is 36.4 Å². The van der Waals surface area contributed by atoms with Gasteiger partial charge in [0.25, 0.3) is 5.56 Å². The van der Waals surface area contributed by atoms with Crippen molar-refractivity contribution < 1.29 is 4.39 Å². The Kier molecular flexibility index (Phi) is 3.27. The monoisotopic (exact) mass is 319 g/mol. The van der Waals surface area contributed by atoms with Crippen molar-refractivity contribution in [3.05, 3.63) is 82.5 Å². The number of hydrogen-bond donors (Lipinski definition) is 1. The van der Waals surface area contributed by atoms with Crippen molar-refractivity contribution in [1.29, 1.82) is 0 Å². The number of H-pyrrole nitrogens is 1. The molecule has 0 aliphatic heterocycles. The third kappa shape index (κ3) is 2.31. The number of halogens is 1. The van der Waals surface area contributed by atoms with Crippen molar-refractivity contribution in [2.75, 3.05) is 0 Å². The maximum Gasteiger partial charge on any atom is 0.273 e. The Bertz CT molecular complexity index is 1110. The summed E-state index contributed by atoms with van der Waals surface area (Å²) in [6, 6.07) is 15.5. The Morgan fingerprint density at radius 2 is 1.88 bits per heavy atom. The van der Waals surface area contributed by atoms with Gasteiger partial charge in [0.15, 0.2) is 5.65 Å². The summed E-state index contributed by atoms with van der Waals surface area (Å²) in [5.41, 5.74) is 4.17.